The van der Waals surface area contributed by atoms with Gasteiger partial charge in [-0.1, -0.05) is 78.5 Å². The highest BCUT2D eigenvalue weighted by Gasteiger charge is 2.34. The minimum Gasteiger partial charge on any atom is -0.439 e. The summed E-state index contributed by atoms with van der Waals surface area (Å²) >= 11 is -0.626. The van der Waals surface area contributed by atoms with Crippen molar-refractivity contribution in [2.45, 2.75) is 29.5 Å². The predicted molar refractivity (Wildman–Crippen MR) is 176 cm³/mol. The lowest BCUT2D eigenvalue weighted by Crippen LogP contribution is -2.32. The van der Waals surface area contributed by atoms with Gasteiger partial charge in [0, 0.05) is 29.4 Å². The second-order valence-electron chi connectivity index (χ2n) is 10.5. The highest BCUT2D eigenvalue weighted by Crippen LogP contribution is 2.49. The van der Waals surface area contributed by atoms with Gasteiger partial charge in [0.2, 0.25) is 0 Å². The van der Waals surface area contributed by atoms with Crippen molar-refractivity contribution < 1.29 is 30.7 Å². The Kier molecular flexibility index (Phi) is 9.26. The van der Waals surface area contributed by atoms with Gasteiger partial charge in [-0.05, 0) is 54.0 Å². The first-order valence-electron chi connectivity index (χ1n) is 14.3. The molecule has 0 bridgehead atoms. The fourth-order valence-electron chi connectivity index (χ4n) is 5.62. The van der Waals surface area contributed by atoms with Crippen molar-refractivity contribution in [1.82, 2.24) is 0 Å². The fraction of sp³-hybridized carbons (Fsp3) is 0.250. The molecule has 0 aromatic heterocycles. The molecule has 44 heavy (non-hydrogen) atoms. The van der Waals surface area contributed by atoms with Crippen LogP contribution in [0.4, 0.5) is 11.4 Å². The van der Waals surface area contributed by atoms with Crippen molar-refractivity contribution in [2.75, 3.05) is 35.2 Å². The largest absolute Gasteiger partial charge is 0.439 e. The molecule has 0 saturated heterocycles. The van der Waals surface area contributed by atoms with Crippen molar-refractivity contribution in [3.63, 3.8) is 0 Å². The molecule has 230 valence electrons. The third-order valence-corrected chi connectivity index (χ3v) is 9.98. The summed E-state index contributed by atoms with van der Waals surface area (Å²) in [5, 5.41) is 1.97. The Morgan fingerprint density at radius 1 is 0.932 bits per heavy atom. The highest BCUT2D eigenvalue weighted by molar-refractivity contribution is 8.00. The standard InChI is InChI=1S/C32H32N2O7S3/c35-43(36)40-19-7-6-17-33-27-21-25(23-9-2-1-3-10-23)13-15-28(27)41-30(33)22-31-34(18-8-20-44(37,38)39)32-26-12-5-4-11-24(26)14-16-29(32)42-31/h1-5,9-16,21-22,31H,6-8,17-20H2,(H,35,36)(H,37,38,39). The molecule has 4 aromatic rings. The molecule has 2 heterocycles. The van der Waals surface area contributed by atoms with Gasteiger partial charge in [0.25, 0.3) is 10.1 Å². The van der Waals surface area contributed by atoms with Gasteiger partial charge in [0.1, 0.15) is 5.37 Å². The van der Waals surface area contributed by atoms with Gasteiger partial charge < -0.3 is 14.5 Å². The zero-order chi connectivity index (χ0) is 30.7. The Labute approximate surface area is 263 Å². The van der Waals surface area contributed by atoms with E-state index in [1.54, 1.807) is 11.8 Å². The molecule has 2 N–H and O–H groups in total. The van der Waals surface area contributed by atoms with Gasteiger partial charge in [-0.2, -0.15) is 12.6 Å². The average Bonchev–Trinajstić information content (AvgIpc) is 3.53. The maximum absolute atomic E-state index is 11.6. The second kappa shape index (κ2) is 13.3. The second-order valence-corrected chi connectivity index (χ2v) is 13.9. The summed E-state index contributed by atoms with van der Waals surface area (Å²) in [6.07, 6.45) is 3.60. The monoisotopic (exact) mass is 652 g/mol. The molecule has 4 aromatic carbocycles. The topological polar surface area (TPSA) is 117 Å². The summed E-state index contributed by atoms with van der Waals surface area (Å²) < 4.78 is 63.7. The van der Waals surface area contributed by atoms with Gasteiger partial charge in [0.05, 0.1) is 23.7 Å². The molecule has 2 unspecified atom stereocenters. The van der Waals surface area contributed by atoms with E-state index in [0.29, 0.717) is 31.8 Å². The molecule has 0 radical (unpaired) electrons. The summed E-state index contributed by atoms with van der Waals surface area (Å²) in [6, 6.07) is 28.5. The van der Waals surface area contributed by atoms with E-state index >= 15 is 0 Å². The van der Waals surface area contributed by atoms with Crippen molar-refractivity contribution in [2.24, 2.45) is 0 Å². The van der Waals surface area contributed by atoms with Crippen LogP contribution in [-0.4, -0.2) is 52.6 Å². The lowest BCUT2D eigenvalue weighted by Gasteiger charge is -2.27. The number of hydrogen-bond acceptors (Lipinski definition) is 8. The lowest BCUT2D eigenvalue weighted by molar-refractivity contribution is 0.298. The van der Waals surface area contributed by atoms with Crippen LogP contribution in [0.1, 0.15) is 19.3 Å². The van der Waals surface area contributed by atoms with E-state index in [9.17, 15) is 17.2 Å². The van der Waals surface area contributed by atoms with Crippen LogP contribution in [0, 0.1) is 0 Å². The van der Waals surface area contributed by atoms with Crippen LogP contribution >= 0.6 is 11.8 Å². The minimum absolute atomic E-state index is 0.163. The van der Waals surface area contributed by atoms with Crippen LogP contribution in [0.3, 0.4) is 0 Å². The van der Waals surface area contributed by atoms with Crippen molar-refractivity contribution in [3.8, 4) is 16.9 Å². The van der Waals surface area contributed by atoms with Crippen LogP contribution < -0.4 is 14.5 Å². The van der Waals surface area contributed by atoms with E-state index in [4.69, 9.17) is 13.5 Å². The number of unbranched alkanes of at least 4 members (excludes halogenated alkanes) is 1. The molecule has 2 aliphatic rings. The highest BCUT2D eigenvalue weighted by atomic mass is 32.2. The van der Waals surface area contributed by atoms with E-state index in [-0.39, 0.29) is 24.2 Å². The van der Waals surface area contributed by atoms with Crippen molar-refractivity contribution in [3.05, 3.63) is 96.9 Å². The Hall–Kier alpha value is -3.39. The van der Waals surface area contributed by atoms with Crippen molar-refractivity contribution in [1.29, 1.82) is 0 Å². The first-order valence-corrected chi connectivity index (χ1v) is 17.8. The molecule has 0 saturated carbocycles. The van der Waals surface area contributed by atoms with E-state index in [0.717, 1.165) is 43.9 Å². The quantitative estimate of drug-likeness (QED) is 0.0973. The number of thioether (sulfide) groups is 1. The van der Waals surface area contributed by atoms with Gasteiger partial charge in [0.15, 0.2) is 11.6 Å². The number of fused-ring (bicyclic) bond motifs is 4. The predicted octanol–water partition coefficient (Wildman–Crippen LogP) is 6.70. The van der Waals surface area contributed by atoms with Crippen LogP contribution in [0.2, 0.25) is 0 Å². The summed E-state index contributed by atoms with van der Waals surface area (Å²) in [5.74, 6) is 1.06. The first-order chi connectivity index (χ1) is 21.3. The smallest absolute Gasteiger partial charge is 0.301 e. The normalized spacial score (nSPS) is 17.6. The first kappa shape index (κ1) is 30.6. The molecule has 0 fully saturated rings. The molecule has 0 aliphatic carbocycles. The van der Waals surface area contributed by atoms with E-state index < -0.39 is 21.5 Å². The van der Waals surface area contributed by atoms with Gasteiger partial charge in [-0.15, -0.1) is 0 Å². The molecule has 2 aliphatic heterocycles. The molecule has 12 heteroatoms. The number of anilines is 2. The number of nitrogens with zero attached hydrogens (tertiary/aromatic N) is 2. The molecule has 6 rings (SSSR count). The number of benzene rings is 4. The fourth-order valence-corrected chi connectivity index (χ4v) is 7.64. The molecule has 9 nitrogen and oxygen atoms in total. The zero-order valence-electron chi connectivity index (χ0n) is 23.7. The average molecular weight is 653 g/mol. The minimum atomic E-state index is -4.09. The lowest BCUT2D eigenvalue weighted by atomic mass is 10.0. The molecule has 0 amide bonds. The van der Waals surface area contributed by atoms with Gasteiger partial charge >= 0.3 is 11.4 Å². The number of rotatable bonds is 12. The number of hydrogen-bond donors (Lipinski definition) is 2. The van der Waals surface area contributed by atoms with Crippen molar-refractivity contribution >= 4 is 55.4 Å². The molecule has 0 spiro atoms. The van der Waals surface area contributed by atoms with Crippen LogP contribution in [0.25, 0.3) is 21.9 Å². The van der Waals surface area contributed by atoms with Crippen LogP contribution in [0.15, 0.2) is 102 Å². The van der Waals surface area contributed by atoms with Gasteiger partial charge in [-0.25, -0.2) is 0 Å². The molecule has 2 atom stereocenters. The van der Waals surface area contributed by atoms with Crippen LogP contribution in [-0.2, 0) is 25.7 Å². The summed E-state index contributed by atoms with van der Waals surface area (Å²) in [5.41, 5.74) is 4.10. The SMILES string of the molecule is O=S(O)OCCCCN1C(=CC2Sc3ccc4ccccc4c3N2CCCS(=O)(=O)O)Oc2ccc(-c3ccccc3)cc21. The summed E-state index contributed by atoms with van der Waals surface area (Å²) in [6.45, 7) is 1.17. The van der Waals surface area contributed by atoms with E-state index in [2.05, 4.69) is 58.3 Å². The van der Waals surface area contributed by atoms with Crippen LogP contribution in [0.5, 0.6) is 5.75 Å². The molecular weight excluding hydrogens is 621 g/mol. The van der Waals surface area contributed by atoms with E-state index in [1.807, 2.05) is 42.5 Å². The maximum Gasteiger partial charge on any atom is 0.301 e. The molecular formula is C32H32N2O7S3. The van der Waals surface area contributed by atoms with Gasteiger partial charge in [-0.3, -0.25) is 13.3 Å². The zero-order valence-corrected chi connectivity index (χ0v) is 26.2. The maximum atomic E-state index is 11.6. The Balaban J connectivity index is 1.33. The Morgan fingerprint density at radius 2 is 1.73 bits per heavy atom. The Bertz CT molecular complexity index is 1820. The third-order valence-electron chi connectivity index (χ3n) is 7.59. The summed E-state index contributed by atoms with van der Waals surface area (Å²) in [4.78, 5) is 5.39. The third kappa shape index (κ3) is 6.96. The number of ether oxygens (including phenoxy) is 1. The summed E-state index contributed by atoms with van der Waals surface area (Å²) in [7, 11) is -4.09. The van der Waals surface area contributed by atoms with E-state index in [1.165, 1.54) is 0 Å². The Morgan fingerprint density at radius 3 is 2.52 bits per heavy atom.